The molecule has 0 atom stereocenters. The summed E-state index contributed by atoms with van der Waals surface area (Å²) in [5, 5.41) is 0. The van der Waals surface area contributed by atoms with Crippen LogP contribution >= 0.6 is 21.6 Å². The molecule has 10 heavy (non-hydrogen) atoms. The Morgan fingerprint density at radius 3 is 2.20 bits per heavy atom. The fourth-order valence-corrected chi connectivity index (χ4v) is 2.01. The van der Waals surface area contributed by atoms with E-state index in [2.05, 4.69) is 25.0 Å². The van der Waals surface area contributed by atoms with Gasteiger partial charge in [0.05, 0.1) is 0 Å². The summed E-state index contributed by atoms with van der Waals surface area (Å²) >= 11 is 0. The van der Waals surface area contributed by atoms with Crippen LogP contribution in [-0.2, 0) is 0 Å². The van der Waals surface area contributed by atoms with Crippen molar-refractivity contribution in [1.82, 2.24) is 4.90 Å². The minimum absolute atomic E-state index is 1.19. The Balaban J connectivity index is 3.09. The van der Waals surface area contributed by atoms with E-state index in [0.717, 1.165) is 0 Å². The van der Waals surface area contributed by atoms with Gasteiger partial charge in [-0.05, 0) is 19.3 Å². The van der Waals surface area contributed by atoms with Crippen LogP contribution in [0, 0.1) is 0 Å². The molecule has 0 aromatic carbocycles. The molecule has 0 radical (unpaired) electrons. The summed E-state index contributed by atoms with van der Waals surface area (Å²) < 4.78 is 0. The molecule has 0 fully saturated rings. The second-order valence-electron chi connectivity index (χ2n) is 2.02. The summed E-state index contributed by atoms with van der Waals surface area (Å²) in [6.07, 6.45) is 2.13. The van der Waals surface area contributed by atoms with Gasteiger partial charge in [-0.15, -0.1) is 0 Å². The number of hydrogen-bond donors (Lipinski definition) is 0. The lowest BCUT2D eigenvalue weighted by Crippen LogP contribution is -2.25. The van der Waals surface area contributed by atoms with Gasteiger partial charge in [-0.25, -0.2) is 0 Å². The monoisotopic (exact) mass is 179 g/mol. The van der Waals surface area contributed by atoms with E-state index in [1.165, 1.54) is 25.4 Å². The molecule has 0 N–H and O–H groups in total. The van der Waals surface area contributed by atoms with Gasteiger partial charge in [0.15, 0.2) is 0 Å². The molecule has 3 heteroatoms. The molecule has 0 spiro atoms. The predicted molar refractivity (Wildman–Crippen MR) is 53.8 cm³/mol. The van der Waals surface area contributed by atoms with Crippen LogP contribution in [0.25, 0.3) is 0 Å². The topological polar surface area (TPSA) is 3.24 Å². The predicted octanol–water partition coefficient (Wildman–Crippen LogP) is 2.34. The molecule has 0 unspecified atom stereocenters. The van der Waals surface area contributed by atoms with E-state index in [0.29, 0.717) is 0 Å². The maximum atomic E-state index is 2.45. The molecule has 0 aliphatic rings. The summed E-state index contributed by atoms with van der Waals surface area (Å²) in [4.78, 5) is 2.45. The normalized spacial score (nSPS) is 10.8. The highest BCUT2D eigenvalue weighted by Gasteiger charge is 1.96. The van der Waals surface area contributed by atoms with Crippen molar-refractivity contribution in [3.8, 4) is 0 Å². The van der Waals surface area contributed by atoms with E-state index in [9.17, 15) is 0 Å². The Labute approximate surface area is 72.3 Å². The van der Waals surface area contributed by atoms with E-state index in [4.69, 9.17) is 0 Å². The second kappa shape index (κ2) is 7.76. The fourth-order valence-electron chi connectivity index (χ4n) is 0.790. The van der Waals surface area contributed by atoms with Crippen molar-refractivity contribution in [2.75, 3.05) is 31.6 Å². The maximum Gasteiger partial charge on any atom is 0.0165 e. The van der Waals surface area contributed by atoms with Crippen LogP contribution in [0.15, 0.2) is 0 Å². The molecular weight excluding hydrogens is 162 g/mol. The smallest absolute Gasteiger partial charge is 0.0165 e. The van der Waals surface area contributed by atoms with Gasteiger partial charge >= 0.3 is 0 Å². The molecule has 0 aliphatic heterocycles. The third-order valence-electron chi connectivity index (χ3n) is 1.50. The van der Waals surface area contributed by atoms with Crippen LogP contribution in [0.3, 0.4) is 0 Å². The summed E-state index contributed by atoms with van der Waals surface area (Å²) in [5.74, 6) is 1.25. The third-order valence-corrected chi connectivity index (χ3v) is 3.30. The first-order chi connectivity index (χ1) is 4.85. The van der Waals surface area contributed by atoms with E-state index >= 15 is 0 Å². The Bertz CT molecular complexity index is 64.6. The first-order valence-electron chi connectivity index (χ1n) is 3.73. The van der Waals surface area contributed by atoms with E-state index in [-0.39, 0.29) is 0 Å². The molecule has 0 aromatic heterocycles. The molecule has 0 saturated heterocycles. The van der Waals surface area contributed by atoms with Crippen molar-refractivity contribution in [3.63, 3.8) is 0 Å². The highest BCUT2D eigenvalue weighted by Crippen LogP contribution is 2.15. The largest absolute Gasteiger partial charge is 0.303 e. The zero-order valence-electron chi connectivity index (χ0n) is 7.09. The molecule has 0 aliphatic carbocycles. The Morgan fingerprint density at radius 1 is 1.20 bits per heavy atom. The third kappa shape index (κ3) is 5.45. The quantitative estimate of drug-likeness (QED) is 0.455. The Hall–Kier alpha value is 0.660. The zero-order chi connectivity index (χ0) is 7.82. The van der Waals surface area contributed by atoms with Gasteiger partial charge in [0.2, 0.25) is 0 Å². The molecular formula is C7H17NS2. The van der Waals surface area contributed by atoms with Crippen molar-refractivity contribution in [3.05, 3.63) is 0 Å². The molecule has 0 saturated carbocycles. The first-order valence-corrected chi connectivity index (χ1v) is 6.45. The maximum absolute atomic E-state index is 2.45. The number of rotatable bonds is 6. The lowest BCUT2D eigenvalue weighted by Gasteiger charge is -2.16. The van der Waals surface area contributed by atoms with Crippen molar-refractivity contribution in [2.45, 2.75) is 13.8 Å². The second-order valence-corrected chi connectivity index (χ2v) is 4.70. The van der Waals surface area contributed by atoms with Gasteiger partial charge in [0, 0.05) is 12.3 Å². The van der Waals surface area contributed by atoms with E-state index < -0.39 is 0 Å². The molecule has 62 valence electrons. The van der Waals surface area contributed by atoms with Crippen LogP contribution in [0.2, 0.25) is 0 Å². The highest BCUT2D eigenvalue weighted by atomic mass is 33.1. The van der Waals surface area contributed by atoms with Gasteiger partial charge in [0.25, 0.3) is 0 Å². The minimum Gasteiger partial charge on any atom is -0.303 e. The average molecular weight is 179 g/mol. The van der Waals surface area contributed by atoms with Crippen molar-refractivity contribution in [2.24, 2.45) is 0 Å². The molecule has 1 nitrogen and oxygen atoms in total. The van der Waals surface area contributed by atoms with Crippen molar-refractivity contribution < 1.29 is 0 Å². The van der Waals surface area contributed by atoms with Crippen molar-refractivity contribution in [1.29, 1.82) is 0 Å². The molecule has 0 bridgehead atoms. The molecule has 0 aromatic rings. The van der Waals surface area contributed by atoms with Gasteiger partial charge < -0.3 is 4.90 Å². The number of hydrogen-bond acceptors (Lipinski definition) is 3. The van der Waals surface area contributed by atoms with Crippen LogP contribution in [0.4, 0.5) is 0 Å². The Morgan fingerprint density at radius 2 is 1.80 bits per heavy atom. The minimum atomic E-state index is 1.19. The lowest BCUT2D eigenvalue weighted by atomic mass is 10.5. The van der Waals surface area contributed by atoms with Crippen LogP contribution in [0.5, 0.6) is 0 Å². The van der Waals surface area contributed by atoms with Crippen LogP contribution < -0.4 is 0 Å². The highest BCUT2D eigenvalue weighted by molar-refractivity contribution is 8.76. The van der Waals surface area contributed by atoms with Gasteiger partial charge in [-0.3, -0.25) is 0 Å². The van der Waals surface area contributed by atoms with E-state index in [1.807, 2.05) is 21.6 Å². The molecule has 0 rings (SSSR count). The lowest BCUT2D eigenvalue weighted by molar-refractivity contribution is 0.324. The summed E-state index contributed by atoms with van der Waals surface area (Å²) in [6.45, 7) is 8.04. The first kappa shape index (κ1) is 10.7. The standard InChI is InChI=1S/C7H17NS2/c1-4-8(5-2)6-7-10-9-3/h4-7H2,1-3H3. The van der Waals surface area contributed by atoms with E-state index in [1.54, 1.807) is 0 Å². The molecule has 0 amide bonds. The number of nitrogens with zero attached hydrogens (tertiary/aromatic N) is 1. The summed E-state index contributed by atoms with van der Waals surface area (Å²) in [6, 6.07) is 0. The van der Waals surface area contributed by atoms with Crippen LogP contribution in [-0.4, -0.2) is 36.5 Å². The average Bonchev–Trinajstić information content (AvgIpc) is 1.99. The summed E-state index contributed by atoms with van der Waals surface area (Å²) in [7, 11) is 3.80. The fraction of sp³-hybridized carbons (Fsp3) is 1.00. The van der Waals surface area contributed by atoms with Gasteiger partial charge in [0.1, 0.15) is 0 Å². The van der Waals surface area contributed by atoms with Crippen molar-refractivity contribution >= 4 is 21.6 Å². The SMILES string of the molecule is CCN(CC)CCSSC. The van der Waals surface area contributed by atoms with Gasteiger partial charge in [-0.1, -0.05) is 35.4 Å². The Kier molecular flexibility index (Phi) is 8.28. The molecule has 0 heterocycles. The van der Waals surface area contributed by atoms with Gasteiger partial charge in [-0.2, -0.15) is 0 Å². The zero-order valence-corrected chi connectivity index (χ0v) is 8.73. The van der Waals surface area contributed by atoms with Crippen LogP contribution in [0.1, 0.15) is 13.8 Å². The summed E-state index contributed by atoms with van der Waals surface area (Å²) in [5.41, 5.74) is 0.